The first-order valence-electron chi connectivity index (χ1n) is 7.74. The van der Waals surface area contributed by atoms with Gasteiger partial charge in [0, 0.05) is 11.7 Å². The molecule has 0 aliphatic carbocycles. The summed E-state index contributed by atoms with van der Waals surface area (Å²) in [6, 6.07) is 4.91. The van der Waals surface area contributed by atoms with Crippen LogP contribution in [0.5, 0.6) is 0 Å². The van der Waals surface area contributed by atoms with E-state index >= 15 is 0 Å². The molecule has 0 aliphatic heterocycles. The first-order chi connectivity index (χ1) is 10.8. The van der Waals surface area contributed by atoms with Crippen LogP contribution < -0.4 is 10.9 Å². The fourth-order valence-electron chi connectivity index (χ4n) is 2.47. The molecule has 6 nitrogen and oxygen atoms in total. The van der Waals surface area contributed by atoms with Crippen molar-refractivity contribution in [3.63, 3.8) is 0 Å². The largest absolute Gasteiger partial charge is 0.346 e. The molecule has 0 bridgehead atoms. The number of nitrogens with one attached hydrogen (secondary N) is 2. The van der Waals surface area contributed by atoms with Crippen molar-refractivity contribution in [2.75, 3.05) is 20.6 Å². The van der Waals surface area contributed by atoms with Crippen LogP contribution in [0.15, 0.2) is 29.2 Å². The standard InChI is InChI=1S/C17H24N4O2/c1-17(2,9-5-11-21(3)4)20-16(23)14-7-6-12-13(19-14)8-10-18-15(12)22/h6-8,10H,5,9,11H2,1-4H3,(H,18,22)(H,20,23). The maximum absolute atomic E-state index is 12.4. The van der Waals surface area contributed by atoms with Crippen LogP contribution in [0.25, 0.3) is 10.9 Å². The van der Waals surface area contributed by atoms with Crippen molar-refractivity contribution in [2.45, 2.75) is 32.2 Å². The Labute approximate surface area is 135 Å². The van der Waals surface area contributed by atoms with Crippen LogP contribution in [-0.2, 0) is 0 Å². The highest BCUT2D eigenvalue weighted by Crippen LogP contribution is 2.13. The Morgan fingerprint density at radius 3 is 2.74 bits per heavy atom. The van der Waals surface area contributed by atoms with E-state index in [2.05, 4.69) is 20.2 Å². The molecule has 0 spiro atoms. The number of nitrogens with zero attached hydrogens (tertiary/aromatic N) is 2. The van der Waals surface area contributed by atoms with Crippen LogP contribution in [0.3, 0.4) is 0 Å². The summed E-state index contributed by atoms with van der Waals surface area (Å²) in [6.07, 6.45) is 3.41. The van der Waals surface area contributed by atoms with Crippen LogP contribution in [0, 0.1) is 0 Å². The van der Waals surface area contributed by atoms with Gasteiger partial charge in [-0.3, -0.25) is 9.59 Å². The van der Waals surface area contributed by atoms with Crippen molar-refractivity contribution in [3.8, 4) is 0 Å². The van der Waals surface area contributed by atoms with Gasteiger partial charge < -0.3 is 15.2 Å². The lowest BCUT2D eigenvalue weighted by Gasteiger charge is -2.26. The van der Waals surface area contributed by atoms with Gasteiger partial charge in [0.15, 0.2) is 0 Å². The zero-order chi connectivity index (χ0) is 17.0. The van der Waals surface area contributed by atoms with E-state index in [1.807, 2.05) is 27.9 Å². The van der Waals surface area contributed by atoms with E-state index in [0.29, 0.717) is 16.6 Å². The Morgan fingerprint density at radius 2 is 2.04 bits per heavy atom. The molecule has 0 fully saturated rings. The third-order valence-electron chi connectivity index (χ3n) is 3.72. The number of hydrogen-bond donors (Lipinski definition) is 2. The molecule has 0 unspecified atom stereocenters. The molecule has 6 heteroatoms. The van der Waals surface area contributed by atoms with Gasteiger partial charge in [-0.15, -0.1) is 0 Å². The molecule has 2 aromatic rings. The summed E-state index contributed by atoms with van der Waals surface area (Å²) in [6.45, 7) is 4.99. The van der Waals surface area contributed by atoms with Gasteiger partial charge in [0.2, 0.25) is 0 Å². The third-order valence-corrected chi connectivity index (χ3v) is 3.72. The smallest absolute Gasteiger partial charge is 0.270 e. The summed E-state index contributed by atoms with van der Waals surface area (Å²) < 4.78 is 0. The number of rotatable bonds is 6. The molecule has 1 amide bonds. The van der Waals surface area contributed by atoms with Crippen LogP contribution in [0.4, 0.5) is 0 Å². The van der Waals surface area contributed by atoms with Gasteiger partial charge in [-0.1, -0.05) is 0 Å². The lowest BCUT2D eigenvalue weighted by atomic mass is 9.98. The molecule has 2 aromatic heterocycles. The second kappa shape index (κ2) is 6.91. The van der Waals surface area contributed by atoms with Gasteiger partial charge in [-0.2, -0.15) is 0 Å². The lowest BCUT2D eigenvalue weighted by Crippen LogP contribution is -2.44. The van der Waals surface area contributed by atoms with E-state index in [9.17, 15) is 9.59 Å². The maximum atomic E-state index is 12.4. The summed E-state index contributed by atoms with van der Waals surface area (Å²) in [5.41, 5.74) is 0.333. The highest BCUT2D eigenvalue weighted by molar-refractivity contribution is 5.95. The molecule has 2 rings (SSSR count). The molecule has 124 valence electrons. The van der Waals surface area contributed by atoms with Crippen LogP contribution in [0.1, 0.15) is 37.2 Å². The Balaban J connectivity index is 2.09. The van der Waals surface area contributed by atoms with Crippen molar-refractivity contribution in [2.24, 2.45) is 0 Å². The monoisotopic (exact) mass is 316 g/mol. The number of amides is 1. The molecule has 2 heterocycles. The Hall–Kier alpha value is -2.21. The average Bonchev–Trinajstić information content (AvgIpc) is 2.46. The van der Waals surface area contributed by atoms with Crippen molar-refractivity contribution < 1.29 is 4.79 Å². The Morgan fingerprint density at radius 1 is 1.30 bits per heavy atom. The van der Waals surface area contributed by atoms with E-state index in [1.165, 1.54) is 6.20 Å². The molecule has 23 heavy (non-hydrogen) atoms. The SMILES string of the molecule is CN(C)CCCC(C)(C)NC(=O)c1ccc2c(=O)[nH]ccc2n1. The van der Waals surface area contributed by atoms with Gasteiger partial charge in [-0.05, 0) is 65.5 Å². The van der Waals surface area contributed by atoms with E-state index < -0.39 is 0 Å². The second-order valence-corrected chi connectivity index (χ2v) is 6.68. The zero-order valence-corrected chi connectivity index (χ0v) is 14.1. The van der Waals surface area contributed by atoms with Crippen molar-refractivity contribution >= 4 is 16.8 Å². The maximum Gasteiger partial charge on any atom is 0.270 e. The second-order valence-electron chi connectivity index (χ2n) is 6.68. The first kappa shape index (κ1) is 17.1. The number of aromatic amines is 1. The number of aromatic nitrogens is 2. The molecular formula is C17H24N4O2. The van der Waals surface area contributed by atoms with E-state index in [-0.39, 0.29) is 17.0 Å². The van der Waals surface area contributed by atoms with Gasteiger partial charge in [0.25, 0.3) is 11.5 Å². The fraction of sp³-hybridized carbons (Fsp3) is 0.471. The summed E-state index contributed by atoms with van der Waals surface area (Å²) >= 11 is 0. The molecule has 0 atom stereocenters. The third kappa shape index (κ3) is 4.63. The molecule has 0 radical (unpaired) electrons. The molecule has 0 aromatic carbocycles. The van der Waals surface area contributed by atoms with Gasteiger partial charge >= 0.3 is 0 Å². The van der Waals surface area contributed by atoms with E-state index in [4.69, 9.17) is 0 Å². The molecule has 0 aliphatic rings. The summed E-state index contributed by atoms with van der Waals surface area (Å²) in [7, 11) is 4.07. The van der Waals surface area contributed by atoms with Crippen molar-refractivity contribution in [1.29, 1.82) is 0 Å². The Bertz CT molecular complexity index is 750. The van der Waals surface area contributed by atoms with Crippen molar-refractivity contribution in [3.05, 3.63) is 40.4 Å². The Kier molecular flexibility index (Phi) is 5.15. The van der Waals surface area contributed by atoms with Crippen LogP contribution in [0.2, 0.25) is 0 Å². The molecule has 0 saturated heterocycles. The number of fused-ring (bicyclic) bond motifs is 1. The van der Waals surface area contributed by atoms with E-state index in [1.54, 1.807) is 18.2 Å². The van der Waals surface area contributed by atoms with Crippen LogP contribution >= 0.6 is 0 Å². The van der Waals surface area contributed by atoms with Gasteiger partial charge in [0.05, 0.1) is 10.9 Å². The number of hydrogen-bond acceptors (Lipinski definition) is 4. The summed E-state index contributed by atoms with van der Waals surface area (Å²) in [5, 5.41) is 3.50. The predicted octanol–water partition coefficient (Wildman–Crippen LogP) is 1.77. The summed E-state index contributed by atoms with van der Waals surface area (Å²) in [5.74, 6) is -0.220. The van der Waals surface area contributed by atoms with Crippen molar-refractivity contribution in [1.82, 2.24) is 20.2 Å². The highest BCUT2D eigenvalue weighted by atomic mass is 16.2. The first-order valence-corrected chi connectivity index (χ1v) is 7.74. The topological polar surface area (TPSA) is 78.1 Å². The molecule has 0 saturated carbocycles. The molecule has 2 N–H and O–H groups in total. The number of carbonyl (C=O) groups excluding carboxylic acids is 1. The number of carbonyl (C=O) groups is 1. The minimum absolute atomic E-state index is 0.203. The lowest BCUT2D eigenvalue weighted by molar-refractivity contribution is 0.0902. The number of H-pyrrole nitrogens is 1. The van der Waals surface area contributed by atoms with Gasteiger partial charge in [0.1, 0.15) is 5.69 Å². The highest BCUT2D eigenvalue weighted by Gasteiger charge is 2.21. The van der Waals surface area contributed by atoms with E-state index in [0.717, 1.165) is 19.4 Å². The quantitative estimate of drug-likeness (QED) is 0.851. The fourth-order valence-corrected chi connectivity index (χ4v) is 2.47. The molecular weight excluding hydrogens is 292 g/mol. The summed E-state index contributed by atoms with van der Waals surface area (Å²) in [4.78, 5) is 33.1. The normalized spacial score (nSPS) is 11.9. The number of pyridine rings is 2. The zero-order valence-electron chi connectivity index (χ0n) is 14.1. The average molecular weight is 316 g/mol. The minimum Gasteiger partial charge on any atom is -0.346 e. The van der Waals surface area contributed by atoms with Gasteiger partial charge in [-0.25, -0.2) is 4.98 Å². The minimum atomic E-state index is -0.308. The van der Waals surface area contributed by atoms with Crippen LogP contribution in [-0.4, -0.2) is 47.0 Å². The predicted molar refractivity (Wildman–Crippen MR) is 91.7 cm³/mol.